The van der Waals surface area contributed by atoms with Crippen molar-refractivity contribution in [1.29, 1.82) is 0 Å². The zero-order chi connectivity index (χ0) is 30.1. The highest BCUT2D eigenvalue weighted by atomic mass is 28.4. The molecule has 0 aromatic carbocycles. The van der Waals surface area contributed by atoms with Gasteiger partial charge in [-0.2, -0.15) is 0 Å². The average molecular weight is 547 g/mol. The molecule has 36 heavy (non-hydrogen) atoms. The zero-order valence-electron chi connectivity index (χ0n) is 22.9. The summed E-state index contributed by atoms with van der Waals surface area (Å²) in [7, 11) is -3.16. The normalized spacial score (nSPS) is 9.25. The summed E-state index contributed by atoms with van der Waals surface area (Å²) in [6.07, 6.45) is 1.51. The number of aliphatic hydroxyl groups is 2. The van der Waals surface area contributed by atoms with Crippen molar-refractivity contribution in [2.24, 2.45) is 0 Å². The molecule has 0 aromatic rings. The second-order valence-corrected chi connectivity index (χ2v) is 16.3. The van der Waals surface area contributed by atoms with Gasteiger partial charge in [-0.1, -0.05) is 43.8 Å². The molecule has 0 bridgehead atoms. The van der Waals surface area contributed by atoms with Crippen LogP contribution in [0.4, 0.5) is 0 Å². The lowest BCUT2D eigenvalue weighted by atomic mass is 10.4. The summed E-state index contributed by atoms with van der Waals surface area (Å²) < 4.78 is 10.6. The number of esters is 1. The summed E-state index contributed by atoms with van der Waals surface area (Å²) in [6, 6.07) is 0. The van der Waals surface area contributed by atoms with Crippen LogP contribution >= 0.6 is 0 Å². The lowest BCUT2D eigenvalue weighted by Gasteiger charge is -2.29. The number of aliphatic carboxylic acids is 2. The Balaban J connectivity index is -0.000000116. The molecular formula is C25H46O9Si2. The summed E-state index contributed by atoms with van der Waals surface area (Å²) in [5.74, 6) is -2.24. The van der Waals surface area contributed by atoms with Gasteiger partial charge in [0, 0.05) is 16.7 Å². The van der Waals surface area contributed by atoms with Gasteiger partial charge in [0.15, 0.2) is 8.32 Å². The second kappa shape index (κ2) is 25.3. The monoisotopic (exact) mass is 546 g/mol. The molecule has 9 nitrogen and oxygen atoms in total. The van der Waals surface area contributed by atoms with E-state index in [4.69, 9.17) is 24.5 Å². The molecular weight excluding hydrogens is 500 g/mol. The molecule has 11 heteroatoms. The predicted molar refractivity (Wildman–Crippen MR) is 151 cm³/mol. The van der Waals surface area contributed by atoms with E-state index < -0.39 is 28.6 Å². The van der Waals surface area contributed by atoms with Gasteiger partial charge >= 0.3 is 17.9 Å². The molecule has 0 rings (SSSR count). The van der Waals surface area contributed by atoms with Gasteiger partial charge in [0.1, 0.15) is 6.61 Å². The molecule has 0 radical (unpaired) electrons. The van der Waals surface area contributed by atoms with Gasteiger partial charge in [-0.3, -0.25) is 0 Å². The van der Waals surface area contributed by atoms with E-state index in [0.29, 0.717) is 5.57 Å². The van der Waals surface area contributed by atoms with Gasteiger partial charge in [0.25, 0.3) is 0 Å². The molecule has 0 spiro atoms. The predicted octanol–water partition coefficient (Wildman–Crippen LogP) is 4.42. The molecule has 0 aromatic heterocycles. The van der Waals surface area contributed by atoms with E-state index >= 15 is 0 Å². The molecule has 0 aliphatic rings. The molecule has 0 heterocycles. The number of rotatable bonds is 10. The minimum Gasteiger partial charge on any atom is -0.478 e. The Kier molecular flexibility index (Phi) is 30.4. The van der Waals surface area contributed by atoms with Crippen LogP contribution in [0.1, 0.15) is 20.8 Å². The summed E-state index contributed by atoms with van der Waals surface area (Å²) in [5, 5.41) is 31.0. The van der Waals surface area contributed by atoms with E-state index in [-0.39, 0.29) is 36.9 Å². The Bertz CT molecular complexity index is 678. The van der Waals surface area contributed by atoms with Crippen molar-refractivity contribution >= 4 is 34.5 Å². The lowest BCUT2D eigenvalue weighted by molar-refractivity contribution is -0.137. The van der Waals surface area contributed by atoms with Gasteiger partial charge in [-0.15, -0.1) is 13.2 Å². The first-order valence-corrected chi connectivity index (χ1v) is 16.6. The second-order valence-electron chi connectivity index (χ2n) is 8.09. The van der Waals surface area contributed by atoms with Crippen LogP contribution in [-0.2, 0) is 23.2 Å². The quantitative estimate of drug-likeness (QED) is 0.135. The van der Waals surface area contributed by atoms with E-state index in [1.54, 1.807) is 6.92 Å². The van der Waals surface area contributed by atoms with Gasteiger partial charge in [-0.25, -0.2) is 14.4 Å². The molecule has 0 fully saturated rings. The largest absolute Gasteiger partial charge is 0.478 e. The summed E-state index contributed by atoms with van der Waals surface area (Å²) in [6.45, 7) is 33.8. The van der Waals surface area contributed by atoms with Gasteiger partial charge in [0.2, 0.25) is 8.32 Å². The molecule has 0 unspecified atom stereocenters. The number of carboxylic acid groups (broad SMARTS) is 2. The molecule has 0 saturated carbocycles. The first kappa shape index (κ1) is 43.3. The third-order valence-electron chi connectivity index (χ3n) is 2.85. The minimum atomic E-state index is -1.74. The first-order valence-electron chi connectivity index (χ1n) is 10.6. The number of ether oxygens (including phenoxy) is 1. The van der Waals surface area contributed by atoms with Crippen molar-refractivity contribution in [3.8, 4) is 0 Å². The number of aliphatic hydroxyl groups excluding tert-OH is 2. The van der Waals surface area contributed by atoms with Crippen molar-refractivity contribution in [2.45, 2.75) is 47.0 Å². The van der Waals surface area contributed by atoms with E-state index in [9.17, 15) is 14.4 Å². The summed E-state index contributed by atoms with van der Waals surface area (Å²) in [5.41, 5.74) is 4.62. The van der Waals surface area contributed by atoms with Crippen molar-refractivity contribution in [3.63, 3.8) is 0 Å². The fourth-order valence-corrected chi connectivity index (χ4v) is 7.20. The molecule has 0 atom stereocenters. The smallest absolute Gasteiger partial charge is 0.333 e. The Morgan fingerprint density at radius 1 is 0.750 bits per heavy atom. The van der Waals surface area contributed by atoms with Crippen LogP contribution in [0.25, 0.3) is 0 Å². The molecule has 208 valence electrons. The SMILES string of the molecule is C=C(C)C(=O)O.C=C(C)C(=O)O.C=CCOC(=O)C(=C)C.C=C[Si](C)(C=C)O[Si](C)(C)C.OCCO. The highest BCUT2D eigenvalue weighted by Crippen LogP contribution is 2.15. The highest BCUT2D eigenvalue weighted by molar-refractivity contribution is 6.90. The minimum absolute atomic E-state index is 0.125. The van der Waals surface area contributed by atoms with Crippen LogP contribution in [0.2, 0.25) is 26.2 Å². The van der Waals surface area contributed by atoms with Crippen LogP contribution < -0.4 is 0 Å². The number of carbonyl (C=O) groups is 3. The van der Waals surface area contributed by atoms with Gasteiger partial charge < -0.3 is 29.3 Å². The third kappa shape index (κ3) is 41.4. The van der Waals surface area contributed by atoms with E-state index in [0.717, 1.165) is 0 Å². The topological polar surface area (TPSA) is 151 Å². The number of carboxylic acids is 2. The van der Waals surface area contributed by atoms with Crippen LogP contribution in [0, 0.1) is 0 Å². The van der Waals surface area contributed by atoms with E-state index in [1.165, 1.54) is 19.9 Å². The molecule has 0 saturated heterocycles. The molecule has 0 amide bonds. The van der Waals surface area contributed by atoms with Gasteiger partial charge in [-0.05, 0) is 47.0 Å². The standard InChI is InChI=1S/C8H18OSi2.C7H10O2.2C4H6O2.C2H6O2/c1-7-11(6,8-2)9-10(3,4)5;1-4-5-9-7(8)6(2)3;2*1-3(2)4(5)6;3-1-2-4/h7-8H,1-2H2,3-6H3;4H,1-2,5H2,3H3;2*1H2,2H3,(H,5,6);3-4H,1-2H2. The third-order valence-corrected chi connectivity index (χ3v) is 8.68. The Morgan fingerprint density at radius 3 is 1.17 bits per heavy atom. The summed E-state index contributed by atoms with van der Waals surface area (Å²) >= 11 is 0. The Morgan fingerprint density at radius 2 is 1.06 bits per heavy atom. The zero-order valence-corrected chi connectivity index (χ0v) is 24.9. The van der Waals surface area contributed by atoms with Crippen LogP contribution in [0.15, 0.2) is 73.7 Å². The van der Waals surface area contributed by atoms with E-state index in [2.05, 4.69) is 70.4 Å². The van der Waals surface area contributed by atoms with Crippen LogP contribution in [0.5, 0.6) is 0 Å². The van der Waals surface area contributed by atoms with Crippen LogP contribution in [0.3, 0.4) is 0 Å². The van der Waals surface area contributed by atoms with Crippen molar-refractivity contribution in [2.75, 3.05) is 19.8 Å². The Labute approximate surface area is 218 Å². The lowest BCUT2D eigenvalue weighted by Crippen LogP contribution is -2.41. The fraction of sp³-hybridized carbons (Fsp3) is 0.400. The number of carbonyl (C=O) groups excluding carboxylic acids is 1. The molecule has 4 N–H and O–H groups in total. The number of hydrogen-bond donors (Lipinski definition) is 4. The Hall–Kier alpha value is -2.84. The van der Waals surface area contributed by atoms with Crippen molar-refractivity contribution < 1.29 is 43.7 Å². The maximum absolute atomic E-state index is 10.5. The van der Waals surface area contributed by atoms with Crippen molar-refractivity contribution in [1.82, 2.24) is 0 Å². The fourth-order valence-electron chi connectivity index (χ4n) is 1.08. The summed E-state index contributed by atoms with van der Waals surface area (Å²) in [4.78, 5) is 29.7. The molecule has 0 aliphatic heterocycles. The average Bonchev–Trinajstić information content (AvgIpc) is 2.77. The maximum Gasteiger partial charge on any atom is 0.333 e. The molecule has 0 aliphatic carbocycles. The maximum atomic E-state index is 10.5. The number of hydrogen-bond acceptors (Lipinski definition) is 7. The first-order chi connectivity index (χ1) is 16.2. The van der Waals surface area contributed by atoms with Crippen LogP contribution in [-0.4, -0.2) is 74.8 Å². The van der Waals surface area contributed by atoms with Crippen molar-refractivity contribution in [3.05, 3.63) is 73.7 Å². The van der Waals surface area contributed by atoms with E-state index in [1.807, 2.05) is 11.4 Å². The highest BCUT2D eigenvalue weighted by Gasteiger charge is 2.28. The van der Waals surface area contributed by atoms with Gasteiger partial charge in [0.05, 0.1) is 13.2 Å².